The molecule has 0 saturated heterocycles. The first-order valence-electron chi connectivity index (χ1n) is 10.5. The molecule has 3 aromatic rings. The van der Waals surface area contributed by atoms with Crippen molar-refractivity contribution in [1.29, 1.82) is 0 Å². The van der Waals surface area contributed by atoms with Crippen LogP contribution in [0.4, 0.5) is 26.5 Å². The van der Waals surface area contributed by atoms with E-state index in [1.807, 2.05) is 13.8 Å². The van der Waals surface area contributed by atoms with E-state index in [9.17, 15) is 9.18 Å². The molecule has 2 aromatic heterocycles. The van der Waals surface area contributed by atoms with Crippen LogP contribution in [0.2, 0.25) is 0 Å². The van der Waals surface area contributed by atoms with Crippen molar-refractivity contribution in [3.05, 3.63) is 58.9 Å². The molecule has 3 rings (SSSR count). The number of carbonyl (C=O) groups excluding carboxylic acids is 1. The lowest BCUT2D eigenvalue weighted by molar-refractivity contribution is 0.180. The Kier molecular flexibility index (Phi) is 7.30. The van der Waals surface area contributed by atoms with Crippen LogP contribution in [0.3, 0.4) is 0 Å². The van der Waals surface area contributed by atoms with Gasteiger partial charge in [-0.3, -0.25) is 9.58 Å². The summed E-state index contributed by atoms with van der Waals surface area (Å²) in [6, 6.07) is 6.55. The zero-order chi connectivity index (χ0) is 25.0. The Hall–Kier alpha value is -4.21. The molecule has 0 aliphatic carbocycles. The van der Waals surface area contributed by atoms with Crippen molar-refractivity contribution >= 4 is 35.1 Å². The Labute approximate surface area is 197 Å². The van der Waals surface area contributed by atoms with Gasteiger partial charge in [-0.25, -0.2) is 19.2 Å². The molecular weight excluding hydrogens is 437 g/mol. The van der Waals surface area contributed by atoms with E-state index in [1.54, 1.807) is 42.1 Å². The normalized spacial score (nSPS) is 11.3. The topological polar surface area (TPSA) is 111 Å². The van der Waals surface area contributed by atoms with Gasteiger partial charge in [-0.2, -0.15) is 5.10 Å². The third-order valence-corrected chi connectivity index (χ3v) is 5.17. The molecule has 10 heteroatoms. The van der Waals surface area contributed by atoms with Gasteiger partial charge in [0.1, 0.15) is 17.2 Å². The zero-order valence-corrected chi connectivity index (χ0v) is 19.9. The first-order chi connectivity index (χ1) is 16.2. The number of nitrogens with zero attached hydrogens (tertiary/aromatic N) is 5. The van der Waals surface area contributed by atoms with Crippen LogP contribution in [0.15, 0.2) is 36.9 Å². The van der Waals surface area contributed by atoms with Gasteiger partial charge in [0.25, 0.3) is 0 Å². The number of nitrogens with one attached hydrogen (secondary N) is 1. The van der Waals surface area contributed by atoms with Gasteiger partial charge in [-0.15, -0.1) is 0 Å². The summed E-state index contributed by atoms with van der Waals surface area (Å²) in [5.41, 5.74) is 8.42. The van der Waals surface area contributed by atoms with Crippen molar-refractivity contribution in [2.75, 3.05) is 37.2 Å². The SMILES string of the molecule is C=C/C=c1/c(-c2nc(N)c(N(C)C(=O)OC)c(NC)n2)nn(Cc2ccccc2F)c1=C(C)C. The molecule has 178 valence electrons. The zero-order valence-electron chi connectivity index (χ0n) is 19.9. The van der Waals surface area contributed by atoms with E-state index in [0.717, 1.165) is 16.1 Å². The smallest absolute Gasteiger partial charge is 0.413 e. The van der Waals surface area contributed by atoms with Gasteiger partial charge >= 0.3 is 6.09 Å². The monoisotopic (exact) mass is 465 g/mol. The van der Waals surface area contributed by atoms with E-state index in [2.05, 4.69) is 21.9 Å². The Morgan fingerprint density at radius 3 is 2.62 bits per heavy atom. The number of anilines is 3. The number of methoxy groups -OCH3 is 1. The first-order valence-corrected chi connectivity index (χ1v) is 10.5. The van der Waals surface area contributed by atoms with Gasteiger partial charge in [0, 0.05) is 24.9 Å². The summed E-state index contributed by atoms with van der Waals surface area (Å²) in [7, 11) is 4.44. The number of hydrogen-bond acceptors (Lipinski definition) is 7. The third-order valence-electron chi connectivity index (χ3n) is 5.17. The van der Waals surface area contributed by atoms with Crippen molar-refractivity contribution < 1.29 is 13.9 Å². The van der Waals surface area contributed by atoms with Crippen LogP contribution in [0.1, 0.15) is 19.4 Å². The molecule has 2 heterocycles. The lowest BCUT2D eigenvalue weighted by atomic mass is 10.2. The minimum atomic E-state index is -0.618. The number of carbonyl (C=O) groups is 1. The van der Waals surface area contributed by atoms with Crippen molar-refractivity contribution in [2.45, 2.75) is 20.4 Å². The average molecular weight is 466 g/mol. The quantitative estimate of drug-likeness (QED) is 0.575. The van der Waals surface area contributed by atoms with Gasteiger partial charge in [-0.1, -0.05) is 42.5 Å². The highest BCUT2D eigenvalue weighted by molar-refractivity contribution is 5.95. The van der Waals surface area contributed by atoms with Crippen LogP contribution in [0.25, 0.3) is 23.2 Å². The second-order valence-corrected chi connectivity index (χ2v) is 7.67. The molecule has 3 N–H and O–H groups in total. The number of allylic oxidation sites excluding steroid dienone is 1. The maximum Gasteiger partial charge on any atom is 0.413 e. The molecule has 0 radical (unpaired) electrons. The fourth-order valence-corrected chi connectivity index (χ4v) is 3.66. The standard InChI is InChI=1S/C24H28FN7O2/c1-7-10-16-18(22-28-21(26)20(23(27-4)29-22)31(5)24(33)34-6)30-32(19(16)14(2)3)13-15-11-8-9-12-17(15)25/h7-12H,1,13H2,2-6H3,(H3,26,27,28,29)/b16-10-. The fraction of sp³-hybridized carbons (Fsp3) is 0.250. The third kappa shape index (κ3) is 4.61. The van der Waals surface area contributed by atoms with Crippen molar-refractivity contribution in [2.24, 2.45) is 0 Å². The molecule has 1 amide bonds. The molecule has 0 spiro atoms. The summed E-state index contributed by atoms with van der Waals surface area (Å²) < 4.78 is 20.9. The summed E-state index contributed by atoms with van der Waals surface area (Å²) in [5, 5.41) is 9.20. The number of halogens is 1. The van der Waals surface area contributed by atoms with E-state index in [0.29, 0.717) is 17.1 Å². The second kappa shape index (κ2) is 10.2. The van der Waals surface area contributed by atoms with Gasteiger partial charge in [0.2, 0.25) is 0 Å². The maximum atomic E-state index is 14.4. The maximum absolute atomic E-state index is 14.4. The van der Waals surface area contributed by atoms with Crippen LogP contribution >= 0.6 is 0 Å². The summed E-state index contributed by atoms with van der Waals surface area (Å²) in [6.07, 6.45) is 2.82. The first kappa shape index (κ1) is 24.4. The highest BCUT2D eigenvalue weighted by Crippen LogP contribution is 2.30. The van der Waals surface area contributed by atoms with Crippen LogP contribution < -0.4 is 26.5 Å². The lowest BCUT2D eigenvalue weighted by Gasteiger charge is -2.20. The summed E-state index contributed by atoms with van der Waals surface area (Å²) >= 11 is 0. The average Bonchev–Trinajstić information content (AvgIpc) is 3.17. The van der Waals surface area contributed by atoms with Crippen molar-refractivity contribution in [1.82, 2.24) is 19.7 Å². The summed E-state index contributed by atoms with van der Waals surface area (Å²) in [4.78, 5) is 22.3. The number of amides is 1. The van der Waals surface area contributed by atoms with E-state index < -0.39 is 6.09 Å². The van der Waals surface area contributed by atoms with Gasteiger partial charge in [-0.05, 0) is 19.9 Å². The number of nitrogen functional groups attached to an aromatic ring is 1. The number of benzene rings is 1. The minimum absolute atomic E-state index is 0.0641. The van der Waals surface area contributed by atoms with Crippen LogP contribution in [0, 0.1) is 5.82 Å². The Morgan fingerprint density at radius 1 is 1.32 bits per heavy atom. The number of aromatic nitrogens is 4. The Morgan fingerprint density at radius 2 is 2.03 bits per heavy atom. The molecule has 0 aliphatic heterocycles. The van der Waals surface area contributed by atoms with Gasteiger partial charge in [0.05, 0.1) is 19.0 Å². The van der Waals surface area contributed by atoms with Crippen LogP contribution in [0.5, 0.6) is 0 Å². The largest absolute Gasteiger partial charge is 0.452 e. The lowest BCUT2D eigenvalue weighted by Crippen LogP contribution is -2.32. The summed E-state index contributed by atoms with van der Waals surface area (Å²) in [5.74, 6) is 0.310. The Balaban J connectivity index is 2.28. The summed E-state index contributed by atoms with van der Waals surface area (Å²) in [6.45, 7) is 7.92. The van der Waals surface area contributed by atoms with Crippen LogP contribution in [-0.2, 0) is 11.3 Å². The number of nitrogens with two attached hydrogens (primary N) is 1. The highest BCUT2D eigenvalue weighted by Gasteiger charge is 2.23. The van der Waals surface area contributed by atoms with E-state index in [1.165, 1.54) is 25.1 Å². The molecule has 1 aromatic carbocycles. The molecule has 0 fully saturated rings. The molecule has 34 heavy (non-hydrogen) atoms. The van der Waals surface area contributed by atoms with Crippen LogP contribution in [-0.4, -0.2) is 47.0 Å². The minimum Gasteiger partial charge on any atom is -0.452 e. The molecule has 9 nitrogen and oxygen atoms in total. The Bertz CT molecular complexity index is 1360. The van der Waals surface area contributed by atoms with Gasteiger partial charge < -0.3 is 15.8 Å². The molecule has 0 unspecified atom stereocenters. The van der Waals surface area contributed by atoms with Crippen molar-refractivity contribution in [3.8, 4) is 11.5 Å². The number of rotatable bonds is 6. The highest BCUT2D eigenvalue weighted by atomic mass is 19.1. The van der Waals surface area contributed by atoms with Gasteiger partial charge in [0.15, 0.2) is 17.5 Å². The number of ether oxygens (including phenoxy) is 1. The molecular formula is C24H28FN7O2. The van der Waals surface area contributed by atoms with Crippen molar-refractivity contribution in [3.63, 3.8) is 0 Å². The van der Waals surface area contributed by atoms with E-state index in [4.69, 9.17) is 15.6 Å². The van der Waals surface area contributed by atoms with E-state index >= 15 is 0 Å². The second-order valence-electron chi connectivity index (χ2n) is 7.67. The van der Waals surface area contributed by atoms with E-state index in [-0.39, 0.29) is 29.7 Å². The fourth-order valence-electron chi connectivity index (χ4n) is 3.66. The predicted octanol–water partition coefficient (Wildman–Crippen LogP) is 2.51. The molecule has 0 aliphatic rings. The molecule has 0 bridgehead atoms. The number of hydrogen-bond donors (Lipinski definition) is 2. The molecule has 0 atom stereocenters. The predicted molar refractivity (Wildman–Crippen MR) is 132 cm³/mol. The molecule has 0 saturated carbocycles.